The molecule has 0 saturated carbocycles. The first-order chi connectivity index (χ1) is 3.71. The second kappa shape index (κ2) is 5.66. The summed E-state index contributed by atoms with van der Waals surface area (Å²) in [5.74, 6) is -1.60. The zero-order valence-electron chi connectivity index (χ0n) is 5.13. The molecule has 0 aliphatic carbocycles. The molecule has 0 rings (SSSR count). The fourth-order valence-corrected chi connectivity index (χ4v) is 2.03. The van der Waals surface area contributed by atoms with Crippen LogP contribution in [0.1, 0.15) is 0 Å². The van der Waals surface area contributed by atoms with E-state index in [2.05, 4.69) is 0 Å². The molecule has 0 aromatic heterocycles. The summed E-state index contributed by atoms with van der Waals surface area (Å²) in [6.07, 6.45) is 0. The number of hydrogen-bond donors (Lipinski definition) is 2. The van der Waals surface area contributed by atoms with Gasteiger partial charge in [0.2, 0.25) is 0 Å². The fraction of sp³-hybridized carbons (Fsp3) is 1.00. The molecule has 0 fully saturated rings. The van der Waals surface area contributed by atoms with Crippen LogP contribution in [0, 0.1) is 0 Å². The Morgan fingerprint density at radius 2 is 1.27 bits per heavy atom. The number of hydrogen-bond acceptors (Lipinski definition) is 4. The van der Waals surface area contributed by atoms with Crippen molar-refractivity contribution in [3.05, 3.63) is 0 Å². The quantitative estimate of drug-likeness (QED) is 0.405. The minimum atomic E-state index is -4.86. The normalized spacial score (nSPS) is 20.0. The molecular weight excluding hydrogens is 305 g/mol. The molecule has 66 valence electrons. The van der Waals surface area contributed by atoms with Gasteiger partial charge in [-0.15, -0.1) is 0 Å². The Labute approximate surface area is 79.4 Å². The first-order valence-electron chi connectivity index (χ1n) is 1.76. The summed E-state index contributed by atoms with van der Waals surface area (Å²) < 4.78 is 19.4. The molecule has 0 aromatic carbocycles. The molecule has 2 atom stereocenters. The molecule has 0 amide bonds. The summed E-state index contributed by atoms with van der Waals surface area (Å²) >= 11 is 0. The van der Waals surface area contributed by atoms with Gasteiger partial charge in [0, 0.05) is 0 Å². The van der Waals surface area contributed by atoms with Gasteiger partial charge in [-0.2, -0.15) is 0 Å². The third kappa shape index (κ3) is 18.2. The topological polar surface area (TPSA) is 152 Å². The molecule has 0 aliphatic heterocycles. The van der Waals surface area contributed by atoms with Crippen LogP contribution in [0.4, 0.5) is 0 Å². The van der Waals surface area contributed by atoms with Gasteiger partial charge in [-0.3, -0.25) is 0 Å². The van der Waals surface area contributed by atoms with Crippen molar-refractivity contribution < 1.29 is 34.2 Å². The van der Waals surface area contributed by atoms with Gasteiger partial charge < -0.3 is 34.2 Å². The molecule has 0 saturated heterocycles. The van der Waals surface area contributed by atoms with E-state index in [0.29, 0.717) is 0 Å². The van der Waals surface area contributed by atoms with Gasteiger partial charge in [-0.1, -0.05) is 0 Å². The van der Waals surface area contributed by atoms with E-state index in [9.17, 15) is 18.9 Å². The Morgan fingerprint density at radius 1 is 1.09 bits per heavy atom. The second-order valence-corrected chi connectivity index (χ2v) is 5.10. The van der Waals surface area contributed by atoms with E-state index in [0.717, 1.165) is 0 Å². The van der Waals surface area contributed by atoms with Gasteiger partial charge >= 0.3 is 23.9 Å². The summed E-state index contributed by atoms with van der Waals surface area (Å²) in [5.41, 5.74) is 0. The Morgan fingerprint density at radius 3 is 1.27 bits per heavy atom. The zero-order valence-corrected chi connectivity index (χ0v) is 9.77. The van der Waals surface area contributed by atoms with Gasteiger partial charge in [0.15, 0.2) is 0 Å². The molecule has 0 bridgehead atoms. The molecule has 4 N–H and O–H groups in total. The maximum Gasteiger partial charge on any atom is 2.00 e. The van der Waals surface area contributed by atoms with Gasteiger partial charge in [0.25, 0.3) is 0 Å². The maximum atomic E-state index is 9.70. The first kappa shape index (κ1) is 18.0. The molecule has 2 unspecified atom stereocenters. The fourth-order valence-electron chi connectivity index (χ4n) is 0.226. The average Bonchev–Trinajstić information content (AvgIpc) is 1.14. The van der Waals surface area contributed by atoms with E-state index in [1.54, 1.807) is 0 Å². The SMILES string of the molecule is O.O=P([O-])(O)CP(=O)([O-])O.[Sn+2]. The largest absolute Gasteiger partial charge is 2.00 e. The molecule has 11 heavy (non-hydrogen) atoms. The average molecular weight is 311 g/mol. The third-order valence-electron chi connectivity index (χ3n) is 0.357. The third-order valence-corrected chi connectivity index (χ3v) is 3.22. The van der Waals surface area contributed by atoms with Crippen LogP contribution in [0.15, 0.2) is 0 Å². The van der Waals surface area contributed by atoms with Crippen LogP contribution < -0.4 is 9.79 Å². The van der Waals surface area contributed by atoms with Crippen molar-refractivity contribution in [3.63, 3.8) is 0 Å². The van der Waals surface area contributed by atoms with Crippen LogP contribution in [-0.2, 0) is 9.13 Å². The minimum absolute atomic E-state index is 0. The predicted molar refractivity (Wildman–Crippen MR) is 33.9 cm³/mol. The van der Waals surface area contributed by atoms with Gasteiger partial charge in [0.1, 0.15) is 15.2 Å². The van der Waals surface area contributed by atoms with Crippen LogP contribution in [0.2, 0.25) is 0 Å². The van der Waals surface area contributed by atoms with E-state index in [1.807, 2.05) is 0 Å². The molecular formula is CH6O7P2Sn. The molecule has 0 aromatic rings. The number of rotatable bonds is 2. The van der Waals surface area contributed by atoms with Gasteiger partial charge in [0.05, 0.1) is 5.90 Å². The van der Waals surface area contributed by atoms with Crippen molar-refractivity contribution in [1.29, 1.82) is 0 Å². The Bertz CT molecular complexity index is 157. The monoisotopic (exact) mass is 312 g/mol. The minimum Gasteiger partial charge on any atom is -0.778 e. The molecule has 2 radical (unpaired) electrons. The van der Waals surface area contributed by atoms with E-state index in [4.69, 9.17) is 9.79 Å². The Kier molecular flexibility index (Phi) is 9.25. The Balaban J connectivity index is -0.000000320. The van der Waals surface area contributed by atoms with Gasteiger partial charge in [-0.25, -0.2) is 0 Å². The van der Waals surface area contributed by atoms with Crippen LogP contribution in [0.5, 0.6) is 0 Å². The zero-order chi connectivity index (χ0) is 7.71. The van der Waals surface area contributed by atoms with E-state index < -0.39 is 21.1 Å². The van der Waals surface area contributed by atoms with Crippen molar-refractivity contribution >= 4 is 39.1 Å². The predicted octanol–water partition coefficient (Wildman–Crippen LogP) is -3.17. The van der Waals surface area contributed by atoms with Crippen molar-refractivity contribution in [2.75, 3.05) is 5.90 Å². The summed E-state index contributed by atoms with van der Waals surface area (Å²) in [6.45, 7) is 0. The molecule has 0 heterocycles. The van der Waals surface area contributed by atoms with Crippen molar-refractivity contribution in [1.82, 2.24) is 0 Å². The Hall–Kier alpha value is 1.06. The molecule has 0 spiro atoms. The van der Waals surface area contributed by atoms with Crippen molar-refractivity contribution in [2.24, 2.45) is 0 Å². The smallest absolute Gasteiger partial charge is 0.778 e. The van der Waals surface area contributed by atoms with Crippen molar-refractivity contribution in [2.45, 2.75) is 0 Å². The van der Waals surface area contributed by atoms with Gasteiger partial charge in [-0.05, 0) is 0 Å². The standard InChI is InChI=1S/CH6O6P2.H2O.Sn/c2-8(3,4)1-9(5,6)7;;/h1H2,(H2,2,3,4)(H2,5,6,7);1H2;/q;;+2/p-2. The van der Waals surface area contributed by atoms with E-state index in [-0.39, 0.29) is 29.4 Å². The first-order valence-corrected chi connectivity index (χ1v) is 5.29. The van der Waals surface area contributed by atoms with Crippen molar-refractivity contribution in [3.8, 4) is 0 Å². The summed E-state index contributed by atoms with van der Waals surface area (Å²) in [6, 6.07) is 0. The van der Waals surface area contributed by atoms with E-state index >= 15 is 0 Å². The van der Waals surface area contributed by atoms with Crippen LogP contribution in [0.25, 0.3) is 0 Å². The summed E-state index contributed by atoms with van der Waals surface area (Å²) in [4.78, 5) is 35.0. The summed E-state index contributed by atoms with van der Waals surface area (Å²) in [7, 11) is -9.73. The molecule has 0 aliphatic rings. The summed E-state index contributed by atoms with van der Waals surface area (Å²) in [5, 5.41) is 0. The molecule has 10 heteroatoms. The second-order valence-electron chi connectivity index (χ2n) is 1.42. The van der Waals surface area contributed by atoms with Crippen LogP contribution in [0.3, 0.4) is 0 Å². The molecule has 7 nitrogen and oxygen atoms in total. The maximum absolute atomic E-state index is 9.70. The van der Waals surface area contributed by atoms with Crippen LogP contribution >= 0.6 is 15.2 Å². The van der Waals surface area contributed by atoms with E-state index in [1.165, 1.54) is 0 Å². The van der Waals surface area contributed by atoms with Crippen LogP contribution in [-0.4, -0.2) is 45.1 Å².